The van der Waals surface area contributed by atoms with Crippen molar-refractivity contribution in [1.29, 1.82) is 0 Å². The number of H-pyrrole nitrogens is 1. The van der Waals surface area contributed by atoms with Crippen molar-refractivity contribution < 1.29 is 13.5 Å². The maximum Gasteiger partial charge on any atom is 0.256 e. The number of halogens is 2. The molecule has 0 saturated heterocycles. The molecule has 0 amide bonds. The molecule has 1 aliphatic rings. The van der Waals surface area contributed by atoms with E-state index >= 15 is 0 Å². The van der Waals surface area contributed by atoms with Gasteiger partial charge >= 0.3 is 0 Å². The number of aryl methyl sites for hydroxylation is 1. The van der Waals surface area contributed by atoms with Crippen molar-refractivity contribution in [1.82, 2.24) is 34.5 Å². The first kappa shape index (κ1) is 22.4. The zero-order valence-electron chi connectivity index (χ0n) is 19.3. The smallest absolute Gasteiger partial charge is 0.256 e. The number of hydrogen-bond donors (Lipinski definition) is 3. The molecule has 5 rings (SSSR count). The van der Waals surface area contributed by atoms with Crippen LogP contribution < -0.4 is 10.6 Å². The predicted octanol–water partition coefficient (Wildman–Crippen LogP) is 3.75. The molecule has 180 valence electrons. The summed E-state index contributed by atoms with van der Waals surface area (Å²) in [5.74, 6) is 1.62. The van der Waals surface area contributed by atoms with Gasteiger partial charge in [-0.25, -0.2) is 23.7 Å². The molecule has 4 heterocycles. The highest BCUT2D eigenvalue weighted by molar-refractivity contribution is 6.01. The molecule has 0 atom stereocenters. The van der Waals surface area contributed by atoms with E-state index in [4.69, 9.17) is 4.74 Å². The molecule has 0 unspecified atom stereocenters. The second kappa shape index (κ2) is 9.09. The fourth-order valence-electron chi connectivity index (χ4n) is 4.59. The summed E-state index contributed by atoms with van der Waals surface area (Å²) in [6.07, 6.45) is 5.16. The highest BCUT2D eigenvalue weighted by Crippen LogP contribution is 2.33. The summed E-state index contributed by atoms with van der Waals surface area (Å²) in [4.78, 5) is 25.8. The van der Waals surface area contributed by atoms with E-state index in [1.165, 1.54) is 4.57 Å². The van der Waals surface area contributed by atoms with Crippen LogP contribution in [0.1, 0.15) is 31.5 Å². The average Bonchev–Trinajstić information content (AvgIpc) is 3.39. The zero-order chi connectivity index (χ0) is 23.8. The van der Waals surface area contributed by atoms with Crippen LogP contribution in [-0.2, 0) is 11.3 Å². The lowest BCUT2D eigenvalue weighted by atomic mass is 9.93. The topological polar surface area (TPSA) is 118 Å². The maximum atomic E-state index is 13.1. The third-order valence-corrected chi connectivity index (χ3v) is 6.36. The van der Waals surface area contributed by atoms with Gasteiger partial charge < -0.3 is 24.9 Å². The molecular formula is C22H27F2N9O. The predicted molar refractivity (Wildman–Crippen MR) is 125 cm³/mol. The summed E-state index contributed by atoms with van der Waals surface area (Å²) >= 11 is 0. The largest absolute Gasteiger partial charge is 0.381 e. The van der Waals surface area contributed by atoms with Gasteiger partial charge in [-0.15, -0.1) is 0 Å². The van der Waals surface area contributed by atoms with Crippen LogP contribution in [0.3, 0.4) is 0 Å². The molecule has 12 heteroatoms. The lowest BCUT2D eigenvalue weighted by molar-refractivity contribution is 0.0681. The van der Waals surface area contributed by atoms with E-state index in [2.05, 4.69) is 40.5 Å². The Hall–Kier alpha value is -3.41. The molecule has 1 saturated carbocycles. The van der Waals surface area contributed by atoms with Gasteiger partial charge in [0.25, 0.3) is 6.43 Å². The summed E-state index contributed by atoms with van der Waals surface area (Å²) in [5.41, 5.74) is 2.54. The van der Waals surface area contributed by atoms with Crippen molar-refractivity contribution in [2.75, 3.05) is 24.8 Å². The van der Waals surface area contributed by atoms with E-state index in [1.807, 2.05) is 0 Å². The van der Waals surface area contributed by atoms with E-state index in [0.717, 1.165) is 36.6 Å². The number of ether oxygens (including phenoxy) is 1. The van der Waals surface area contributed by atoms with E-state index in [0.29, 0.717) is 46.3 Å². The molecule has 0 aliphatic heterocycles. The lowest BCUT2D eigenvalue weighted by Crippen LogP contribution is -2.29. The van der Waals surface area contributed by atoms with Gasteiger partial charge in [0, 0.05) is 32.0 Å². The van der Waals surface area contributed by atoms with Crippen molar-refractivity contribution in [2.24, 2.45) is 0 Å². The molecule has 1 aliphatic carbocycles. The van der Waals surface area contributed by atoms with Crippen molar-refractivity contribution in [2.45, 2.75) is 57.7 Å². The summed E-state index contributed by atoms with van der Waals surface area (Å²) in [6, 6.07) is 0.287. The van der Waals surface area contributed by atoms with E-state index in [-0.39, 0.29) is 6.04 Å². The van der Waals surface area contributed by atoms with E-state index in [1.54, 1.807) is 33.5 Å². The maximum absolute atomic E-state index is 13.1. The quantitative estimate of drug-likeness (QED) is 0.373. The minimum atomic E-state index is -2.52. The minimum absolute atomic E-state index is 0.287. The Morgan fingerprint density at radius 3 is 2.68 bits per heavy atom. The van der Waals surface area contributed by atoms with Crippen LogP contribution in [0.4, 0.5) is 20.5 Å². The van der Waals surface area contributed by atoms with Crippen molar-refractivity contribution >= 4 is 34.1 Å². The number of aromatic amines is 1. The average molecular weight is 472 g/mol. The second-order valence-electron chi connectivity index (χ2n) is 8.49. The molecular weight excluding hydrogens is 444 g/mol. The number of anilines is 2. The van der Waals surface area contributed by atoms with E-state index in [9.17, 15) is 8.78 Å². The highest BCUT2D eigenvalue weighted by atomic mass is 19.3. The lowest BCUT2D eigenvalue weighted by Gasteiger charge is -2.28. The number of rotatable bonds is 7. The highest BCUT2D eigenvalue weighted by Gasteiger charge is 2.23. The van der Waals surface area contributed by atoms with Gasteiger partial charge in [0.05, 0.1) is 29.9 Å². The Kier molecular flexibility index (Phi) is 5.98. The number of fused-ring (bicyclic) bond motifs is 2. The normalized spacial score (nSPS) is 18.8. The molecule has 0 aromatic carbocycles. The van der Waals surface area contributed by atoms with Crippen LogP contribution in [0.5, 0.6) is 0 Å². The second-order valence-corrected chi connectivity index (χ2v) is 8.49. The van der Waals surface area contributed by atoms with Gasteiger partial charge in [-0.1, -0.05) is 0 Å². The first-order valence-electron chi connectivity index (χ1n) is 11.3. The fraction of sp³-hybridized carbons (Fsp3) is 0.500. The Labute approximate surface area is 194 Å². The van der Waals surface area contributed by atoms with Crippen LogP contribution in [0.25, 0.3) is 33.6 Å². The van der Waals surface area contributed by atoms with Crippen molar-refractivity contribution in [3.8, 4) is 11.3 Å². The number of imidazole rings is 1. The SMILES string of the molecule is CNc1nc(N[C@H]2CC[C@@H](OC)CC2)nc2[nH]cc(-c3cnc4nc(C)n(CC(F)F)c4n3)c12. The first-order chi connectivity index (χ1) is 16.5. The van der Waals surface area contributed by atoms with Crippen LogP contribution >= 0.6 is 0 Å². The van der Waals surface area contributed by atoms with Crippen LogP contribution in [0, 0.1) is 6.92 Å². The van der Waals surface area contributed by atoms with Gasteiger partial charge in [-0.05, 0) is 32.6 Å². The molecule has 34 heavy (non-hydrogen) atoms. The first-order valence-corrected chi connectivity index (χ1v) is 11.3. The number of methoxy groups -OCH3 is 1. The van der Waals surface area contributed by atoms with Crippen LogP contribution in [0.2, 0.25) is 0 Å². The number of aromatic nitrogens is 7. The van der Waals surface area contributed by atoms with Gasteiger partial charge in [-0.3, -0.25) is 0 Å². The Morgan fingerprint density at radius 2 is 1.97 bits per heavy atom. The molecule has 10 nitrogen and oxygen atoms in total. The Balaban J connectivity index is 1.49. The van der Waals surface area contributed by atoms with Crippen molar-refractivity contribution in [3.05, 3.63) is 18.2 Å². The monoisotopic (exact) mass is 471 g/mol. The number of nitrogens with zero attached hydrogens (tertiary/aromatic N) is 6. The Bertz CT molecular complexity index is 1310. The van der Waals surface area contributed by atoms with Gasteiger partial charge in [0.1, 0.15) is 17.3 Å². The molecule has 4 aromatic heterocycles. The molecule has 0 spiro atoms. The fourth-order valence-corrected chi connectivity index (χ4v) is 4.59. The van der Waals surface area contributed by atoms with Crippen molar-refractivity contribution in [3.63, 3.8) is 0 Å². The minimum Gasteiger partial charge on any atom is -0.381 e. The standard InChI is InChI=1S/C22H27F2N9O/c1-11-28-20-21(33(11)10-16(23)24)30-15(9-27-20)14-8-26-19-17(14)18(25-2)31-22(32-19)29-12-4-6-13(34-3)7-5-12/h8-9,12-13,16H,4-7,10H2,1-3H3,(H3,25,26,29,31,32)/t12-,13+. The number of hydrogen-bond acceptors (Lipinski definition) is 8. The van der Waals surface area contributed by atoms with E-state index < -0.39 is 13.0 Å². The van der Waals surface area contributed by atoms with Gasteiger partial charge in [-0.2, -0.15) is 9.97 Å². The summed E-state index contributed by atoms with van der Waals surface area (Å²) in [6.45, 7) is 1.18. The Morgan fingerprint density at radius 1 is 1.18 bits per heavy atom. The summed E-state index contributed by atoms with van der Waals surface area (Å²) < 4.78 is 33.0. The summed E-state index contributed by atoms with van der Waals surface area (Å²) in [5, 5.41) is 7.34. The molecule has 3 N–H and O–H groups in total. The molecule has 4 aromatic rings. The third-order valence-electron chi connectivity index (χ3n) is 6.36. The van der Waals surface area contributed by atoms with Crippen LogP contribution in [-0.4, -0.2) is 67.2 Å². The zero-order valence-corrected chi connectivity index (χ0v) is 19.3. The third kappa shape index (κ3) is 4.13. The van der Waals surface area contributed by atoms with Gasteiger partial charge in [0.15, 0.2) is 11.3 Å². The molecule has 0 radical (unpaired) electrons. The molecule has 1 fully saturated rings. The number of nitrogens with one attached hydrogen (secondary N) is 3. The van der Waals surface area contributed by atoms with Gasteiger partial charge in [0.2, 0.25) is 5.95 Å². The number of alkyl halides is 2. The molecule has 0 bridgehead atoms. The summed E-state index contributed by atoms with van der Waals surface area (Å²) in [7, 11) is 3.55. The van der Waals surface area contributed by atoms with Crippen LogP contribution in [0.15, 0.2) is 12.4 Å².